The van der Waals surface area contributed by atoms with Crippen molar-refractivity contribution in [1.82, 2.24) is 0 Å². The SMILES string of the molecule is O.O.O.O.O.O=[SH](=O)O.[NaH]. The maximum absolute atomic E-state index is 8.59. The van der Waals surface area contributed by atoms with Crippen molar-refractivity contribution in [3.8, 4) is 0 Å². The van der Waals surface area contributed by atoms with Crippen LogP contribution >= 0.6 is 0 Å². The number of rotatable bonds is 0. The van der Waals surface area contributed by atoms with Crippen LogP contribution in [0, 0.1) is 0 Å². The fraction of sp³-hybridized carbons (Fsp3) is 0. The second-order valence-electron chi connectivity index (χ2n) is 0.238. The molecule has 0 spiro atoms. The van der Waals surface area contributed by atoms with Crippen LogP contribution in [0.15, 0.2) is 0 Å². The Bertz CT molecular complexity index is 57.7. The Balaban J connectivity index is -0.00000000300. The second-order valence-corrected chi connectivity index (χ2v) is 0.714. The fourth-order valence-corrected chi connectivity index (χ4v) is 0. The normalized spacial score (nSPS) is 3.40. The summed E-state index contributed by atoms with van der Waals surface area (Å²) in [7, 11) is -3.12. The molecule has 0 atom stereocenters. The average Bonchev–Trinajstić information content (AvgIpc) is 0.811. The molecule has 0 radical (unpaired) electrons. The van der Waals surface area contributed by atoms with E-state index >= 15 is 0 Å². The molecule has 0 aromatic rings. The molecule has 0 heterocycles. The zero-order valence-electron chi connectivity index (χ0n) is 4.21. The summed E-state index contributed by atoms with van der Waals surface area (Å²) >= 11 is 0. The van der Waals surface area contributed by atoms with Crippen LogP contribution in [-0.2, 0) is 11.0 Å². The van der Waals surface area contributed by atoms with E-state index in [1.807, 2.05) is 0 Å². The first-order valence-electron chi connectivity index (χ1n) is 0.565. The van der Waals surface area contributed by atoms with Crippen molar-refractivity contribution >= 4 is 40.5 Å². The van der Waals surface area contributed by atoms with E-state index in [-0.39, 0.29) is 56.9 Å². The number of hydrogen-bond acceptors (Lipinski definition) is 2. The van der Waals surface area contributed by atoms with E-state index in [9.17, 15) is 0 Å². The molecule has 0 unspecified atom stereocenters. The molecular formula is H13NaO8S. The van der Waals surface area contributed by atoms with Gasteiger partial charge in [0, 0.05) is 0 Å². The summed E-state index contributed by atoms with van der Waals surface area (Å²) in [5.41, 5.74) is 0. The van der Waals surface area contributed by atoms with Gasteiger partial charge in [-0.1, -0.05) is 0 Å². The van der Waals surface area contributed by atoms with Crippen LogP contribution in [0.5, 0.6) is 0 Å². The van der Waals surface area contributed by atoms with Crippen molar-refractivity contribution < 1.29 is 40.4 Å². The molecule has 68 valence electrons. The molecule has 0 amide bonds. The van der Waals surface area contributed by atoms with E-state index in [0.29, 0.717) is 0 Å². The predicted molar refractivity (Wildman–Crippen MR) is 38.2 cm³/mol. The Morgan fingerprint density at radius 2 is 0.800 bits per heavy atom. The van der Waals surface area contributed by atoms with Crippen molar-refractivity contribution in [3.05, 3.63) is 0 Å². The van der Waals surface area contributed by atoms with E-state index in [0.717, 1.165) is 0 Å². The predicted octanol–water partition coefficient (Wildman–Crippen LogP) is -5.70. The van der Waals surface area contributed by atoms with Gasteiger partial charge in [0.25, 0.3) is 11.0 Å². The monoisotopic (exact) mass is 196 g/mol. The zero-order valence-corrected chi connectivity index (χ0v) is 5.11. The molecule has 0 rings (SSSR count). The van der Waals surface area contributed by atoms with E-state index < -0.39 is 11.0 Å². The van der Waals surface area contributed by atoms with Crippen molar-refractivity contribution in [2.75, 3.05) is 0 Å². The van der Waals surface area contributed by atoms with Gasteiger partial charge in [-0.25, -0.2) is 8.42 Å². The first kappa shape index (κ1) is 73.4. The molecule has 10 heteroatoms. The van der Waals surface area contributed by atoms with Crippen LogP contribution in [-0.4, -0.2) is 69.9 Å². The summed E-state index contributed by atoms with van der Waals surface area (Å²) in [5.74, 6) is 0. The Morgan fingerprint density at radius 1 is 0.800 bits per heavy atom. The van der Waals surface area contributed by atoms with Crippen molar-refractivity contribution in [2.45, 2.75) is 0 Å². The first-order chi connectivity index (χ1) is 1.73. The van der Waals surface area contributed by atoms with Gasteiger partial charge < -0.3 is 27.4 Å². The molecule has 0 aromatic carbocycles. The van der Waals surface area contributed by atoms with Gasteiger partial charge in [0.15, 0.2) is 0 Å². The molecule has 0 fully saturated rings. The Morgan fingerprint density at radius 3 is 0.800 bits per heavy atom. The fourth-order valence-electron chi connectivity index (χ4n) is 0. The first-order valence-corrected chi connectivity index (χ1v) is 1.70. The average molecular weight is 196 g/mol. The van der Waals surface area contributed by atoms with Crippen molar-refractivity contribution in [1.29, 1.82) is 0 Å². The van der Waals surface area contributed by atoms with Gasteiger partial charge in [-0.05, 0) is 0 Å². The van der Waals surface area contributed by atoms with Crippen molar-refractivity contribution in [2.24, 2.45) is 0 Å². The standard InChI is InChI=1S/Na.H2O3S.5H2O.H/c;1-4(2)3;;;;;;/h;4H,(H,1,2,3);5*1H2;. The third-order valence-electron chi connectivity index (χ3n) is 0. The van der Waals surface area contributed by atoms with E-state index in [1.54, 1.807) is 0 Å². The van der Waals surface area contributed by atoms with Crippen LogP contribution in [0.4, 0.5) is 0 Å². The van der Waals surface area contributed by atoms with Crippen LogP contribution < -0.4 is 0 Å². The topological polar surface area (TPSA) is 212 Å². The van der Waals surface area contributed by atoms with Crippen LogP contribution in [0.2, 0.25) is 0 Å². The minimum atomic E-state index is -3.12. The van der Waals surface area contributed by atoms with E-state index in [4.69, 9.17) is 13.0 Å². The quantitative estimate of drug-likeness (QED) is 0.220. The number of thiol groups is 1. The van der Waals surface area contributed by atoms with Gasteiger partial charge >= 0.3 is 29.6 Å². The van der Waals surface area contributed by atoms with Gasteiger partial charge in [-0.15, -0.1) is 0 Å². The molecule has 11 N–H and O–H groups in total. The summed E-state index contributed by atoms with van der Waals surface area (Å²) in [6.45, 7) is 0. The third kappa shape index (κ3) is 1030. The molecule has 0 saturated carbocycles. The number of hydrogen-bond donors (Lipinski definition) is 2. The summed E-state index contributed by atoms with van der Waals surface area (Å²) in [5, 5.41) is 0. The Hall–Kier alpha value is 0.710. The van der Waals surface area contributed by atoms with E-state index in [2.05, 4.69) is 0 Å². The van der Waals surface area contributed by atoms with Gasteiger partial charge in [-0.2, -0.15) is 0 Å². The van der Waals surface area contributed by atoms with Gasteiger partial charge in [0.2, 0.25) is 0 Å². The van der Waals surface area contributed by atoms with Gasteiger partial charge in [0.05, 0.1) is 0 Å². The molecular weight excluding hydrogens is 183 g/mol. The van der Waals surface area contributed by atoms with Gasteiger partial charge in [-0.3, -0.25) is 4.55 Å². The van der Waals surface area contributed by atoms with Crippen molar-refractivity contribution in [3.63, 3.8) is 0 Å². The minimum absolute atomic E-state index is 0. The molecule has 0 bridgehead atoms. The Labute approximate surface area is 80.9 Å². The second kappa shape index (κ2) is 53.5. The molecule has 0 aliphatic carbocycles. The maximum atomic E-state index is 8.59. The zero-order chi connectivity index (χ0) is 3.58. The van der Waals surface area contributed by atoms with Crippen LogP contribution in [0.3, 0.4) is 0 Å². The summed E-state index contributed by atoms with van der Waals surface area (Å²) in [4.78, 5) is 0. The molecule has 0 saturated heterocycles. The van der Waals surface area contributed by atoms with Gasteiger partial charge in [0.1, 0.15) is 0 Å². The Kier molecular flexibility index (Phi) is 393. The van der Waals surface area contributed by atoms with Crippen LogP contribution in [0.1, 0.15) is 0 Å². The summed E-state index contributed by atoms with van der Waals surface area (Å²) < 4.78 is 24.2. The third-order valence-corrected chi connectivity index (χ3v) is 0. The summed E-state index contributed by atoms with van der Waals surface area (Å²) in [6, 6.07) is 0. The van der Waals surface area contributed by atoms with Crippen LogP contribution in [0.25, 0.3) is 0 Å². The molecule has 0 aliphatic heterocycles. The molecule has 10 heavy (non-hydrogen) atoms. The molecule has 8 nitrogen and oxygen atoms in total. The summed E-state index contributed by atoms with van der Waals surface area (Å²) in [6.07, 6.45) is 0. The molecule has 0 aromatic heterocycles. The molecule has 0 aliphatic rings. The van der Waals surface area contributed by atoms with E-state index in [1.165, 1.54) is 0 Å².